The van der Waals surface area contributed by atoms with Crippen molar-refractivity contribution >= 4 is 11.5 Å². The van der Waals surface area contributed by atoms with E-state index in [4.69, 9.17) is 0 Å². The van der Waals surface area contributed by atoms with Crippen LogP contribution in [0.2, 0.25) is 0 Å². The summed E-state index contributed by atoms with van der Waals surface area (Å²) in [5, 5.41) is 3.20. The Morgan fingerprint density at radius 1 is 1.06 bits per heavy atom. The number of nitrogens with one attached hydrogen (secondary N) is 1. The van der Waals surface area contributed by atoms with Gasteiger partial charge in [0.05, 0.1) is 6.20 Å². The number of anilines is 2. The van der Waals surface area contributed by atoms with Gasteiger partial charge >= 0.3 is 0 Å². The fraction of sp³-hybridized carbons (Fsp3) is 0.231. The lowest BCUT2D eigenvalue weighted by molar-refractivity contribution is 0.867. The molecule has 0 saturated heterocycles. The van der Waals surface area contributed by atoms with E-state index in [0.29, 0.717) is 5.92 Å². The minimum atomic E-state index is 0.561. The van der Waals surface area contributed by atoms with Gasteiger partial charge in [0.15, 0.2) is 0 Å². The molecule has 0 bridgehead atoms. The van der Waals surface area contributed by atoms with E-state index >= 15 is 0 Å². The predicted octanol–water partition coefficient (Wildman–Crippen LogP) is 3.34. The zero-order valence-corrected chi connectivity index (χ0v) is 9.51. The zero-order valence-electron chi connectivity index (χ0n) is 9.51. The van der Waals surface area contributed by atoms with E-state index in [-0.39, 0.29) is 0 Å². The lowest BCUT2D eigenvalue weighted by atomic mass is 10.0. The van der Waals surface area contributed by atoms with Crippen LogP contribution in [0.4, 0.5) is 11.5 Å². The van der Waals surface area contributed by atoms with Crippen molar-refractivity contribution in [2.45, 2.75) is 19.8 Å². The normalized spacial score (nSPS) is 10.4. The van der Waals surface area contributed by atoms with E-state index in [1.807, 2.05) is 0 Å². The molecule has 0 spiro atoms. The van der Waals surface area contributed by atoms with Crippen molar-refractivity contribution < 1.29 is 0 Å². The molecule has 16 heavy (non-hydrogen) atoms. The van der Waals surface area contributed by atoms with Crippen LogP contribution in [-0.2, 0) is 0 Å². The van der Waals surface area contributed by atoms with Crippen molar-refractivity contribution in [1.29, 1.82) is 0 Å². The van der Waals surface area contributed by atoms with Gasteiger partial charge in [0, 0.05) is 18.1 Å². The summed E-state index contributed by atoms with van der Waals surface area (Å²) in [6.45, 7) is 4.37. The van der Waals surface area contributed by atoms with Crippen molar-refractivity contribution in [1.82, 2.24) is 9.97 Å². The molecule has 0 saturated carbocycles. The number of hydrogen-bond donors (Lipinski definition) is 1. The number of rotatable bonds is 3. The van der Waals surface area contributed by atoms with Gasteiger partial charge in [0.25, 0.3) is 0 Å². The molecule has 3 heteroatoms. The lowest BCUT2D eigenvalue weighted by Gasteiger charge is -2.08. The summed E-state index contributed by atoms with van der Waals surface area (Å²) in [6.07, 6.45) is 5.04. The van der Waals surface area contributed by atoms with Gasteiger partial charge < -0.3 is 5.32 Å². The zero-order chi connectivity index (χ0) is 11.4. The third-order valence-corrected chi connectivity index (χ3v) is 2.41. The molecule has 0 aliphatic carbocycles. The molecule has 2 rings (SSSR count). The van der Waals surface area contributed by atoms with Gasteiger partial charge in [-0.15, -0.1) is 0 Å². The molecule has 82 valence electrons. The lowest BCUT2D eigenvalue weighted by Crippen LogP contribution is -1.94. The van der Waals surface area contributed by atoms with Crippen LogP contribution in [0.3, 0.4) is 0 Å². The average Bonchev–Trinajstić information content (AvgIpc) is 2.31. The highest BCUT2D eigenvalue weighted by Gasteiger charge is 1.99. The molecule has 0 amide bonds. The Morgan fingerprint density at radius 2 is 1.81 bits per heavy atom. The topological polar surface area (TPSA) is 37.8 Å². The van der Waals surface area contributed by atoms with Crippen LogP contribution in [-0.4, -0.2) is 9.97 Å². The van der Waals surface area contributed by atoms with E-state index in [0.717, 1.165) is 11.5 Å². The summed E-state index contributed by atoms with van der Waals surface area (Å²) in [7, 11) is 0. The van der Waals surface area contributed by atoms with Gasteiger partial charge in [-0.05, 0) is 23.6 Å². The summed E-state index contributed by atoms with van der Waals surface area (Å²) in [4.78, 5) is 8.16. The Hall–Kier alpha value is -1.90. The van der Waals surface area contributed by atoms with Crippen LogP contribution < -0.4 is 5.32 Å². The number of benzene rings is 1. The van der Waals surface area contributed by atoms with Gasteiger partial charge in [-0.1, -0.05) is 26.0 Å². The SMILES string of the molecule is CC(C)c1ccc(Nc2cnccn2)cc1. The molecule has 0 aliphatic heterocycles. The summed E-state index contributed by atoms with van der Waals surface area (Å²) in [5.74, 6) is 1.32. The summed E-state index contributed by atoms with van der Waals surface area (Å²) in [5.41, 5.74) is 2.37. The first kappa shape index (κ1) is 10.6. The number of nitrogens with zero attached hydrogens (tertiary/aromatic N) is 2. The third-order valence-electron chi connectivity index (χ3n) is 2.41. The maximum Gasteiger partial charge on any atom is 0.148 e. The Balaban J connectivity index is 2.11. The first-order valence-electron chi connectivity index (χ1n) is 5.38. The number of hydrogen-bond acceptors (Lipinski definition) is 3. The summed E-state index contributed by atoms with van der Waals surface area (Å²) < 4.78 is 0. The fourth-order valence-electron chi connectivity index (χ4n) is 1.46. The second-order valence-electron chi connectivity index (χ2n) is 3.99. The quantitative estimate of drug-likeness (QED) is 0.849. The highest BCUT2D eigenvalue weighted by Crippen LogP contribution is 2.18. The monoisotopic (exact) mass is 213 g/mol. The third kappa shape index (κ3) is 2.57. The molecular formula is C13H15N3. The highest BCUT2D eigenvalue weighted by atomic mass is 15.0. The molecule has 0 fully saturated rings. The largest absolute Gasteiger partial charge is 0.339 e. The van der Waals surface area contributed by atoms with Crippen LogP contribution in [0.1, 0.15) is 25.3 Å². The molecule has 1 aromatic carbocycles. The molecule has 0 aliphatic rings. The smallest absolute Gasteiger partial charge is 0.148 e. The second kappa shape index (κ2) is 4.75. The van der Waals surface area contributed by atoms with Gasteiger partial charge in [0.2, 0.25) is 0 Å². The minimum Gasteiger partial charge on any atom is -0.339 e. The maximum absolute atomic E-state index is 4.16. The first-order chi connectivity index (χ1) is 7.75. The van der Waals surface area contributed by atoms with Crippen LogP contribution in [0.25, 0.3) is 0 Å². The molecular weight excluding hydrogens is 198 g/mol. The van der Waals surface area contributed by atoms with Crippen molar-refractivity contribution in [3.8, 4) is 0 Å². The molecule has 0 radical (unpaired) electrons. The van der Waals surface area contributed by atoms with E-state index in [2.05, 4.69) is 53.4 Å². The van der Waals surface area contributed by atoms with Gasteiger partial charge in [-0.3, -0.25) is 4.98 Å². The molecule has 3 nitrogen and oxygen atoms in total. The first-order valence-corrected chi connectivity index (χ1v) is 5.38. The predicted molar refractivity (Wildman–Crippen MR) is 65.8 cm³/mol. The van der Waals surface area contributed by atoms with E-state index in [1.54, 1.807) is 18.6 Å². The average molecular weight is 213 g/mol. The van der Waals surface area contributed by atoms with Gasteiger partial charge in [-0.2, -0.15) is 0 Å². The van der Waals surface area contributed by atoms with E-state index in [9.17, 15) is 0 Å². The van der Waals surface area contributed by atoms with E-state index < -0.39 is 0 Å². The van der Waals surface area contributed by atoms with Crippen LogP contribution in [0, 0.1) is 0 Å². The Morgan fingerprint density at radius 3 is 2.38 bits per heavy atom. The minimum absolute atomic E-state index is 0.561. The standard InChI is InChI=1S/C13H15N3/c1-10(2)11-3-5-12(6-4-11)16-13-9-14-7-8-15-13/h3-10H,1-2H3,(H,15,16). The highest BCUT2D eigenvalue weighted by molar-refractivity contribution is 5.55. The Bertz CT molecular complexity index is 434. The Labute approximate surface area is 95.6 Å². The van der Waals surface area contributed by atoms with E-state index in [1.165, 1.54) is 5.56 Å². The van der Waals surface area contributed by atoms with Crippen molar-refractivity contribution in [3.05, 3.63) is 48.4 Å². The summed E-state index contributed by atoms with van der Waals surface area (Å²) in [6, 6.07) is 8.38. The Kier molecular flexibility index (Phi) is 3.15. The molecule has 0 atom stereocenters. The number of aromatic nitrogens is 2. The molecule has 0 unspecified atom stereocenters. The van der Waals surface area contributed by atoms with Crippen molar-refractivity contribution in [2.24, 2.45) is 0 Å². The van der Waals surface area contributed by atoms with Crippen LogP contribution >= 0.6 is 0 Å². The second-order valence-corrected chi connectivity index (χ2v) is 3.99. The molecule has 1 heterocycles. The summed E-state index contributed by atoms with van der Waals surface area (Å²) >= 11 is 0. The van der Waals surface area contributed by atoms with Crippen LogP contribution in [0.15, 0.2) is 42.9 Å². The fourth-order valence-corrected chi connectivity index (χ4v) is 1.46. The molecule has 1 N–H and O–H groups in total. The maximum atomic E-state index is 4.16. The van der Waals surface area contributed by atoms with Crippen LogP contribution in [0.5, 0.6) is 0 Å². The van der Waals surface area contributed by atoms with Crippen molar-refractivity contribution in [3.63, 3.8) is 0 Å². The van der Waals surface area contributed by atoms with Gasteiger partial charge in [0.1, 0.15) is 5.82 Å². The molecule has 1 aromatic heterocycles. The van der Waals surface area contributed by atoms with Crippen molar-refractivity contribution in [2.75, 3.05) is 5.32 Å². The molecule has 2 aromatic rings. The van der Waals surface area contributed by atoms with Gasteiger partial charge in [-0.25, -0.2) is 4.98 Å².